The fraction of sp³-hybridized carbons (Fsp3) is 0.412. The molecule has 0 atom stereocenters. The Morgan fingerprint density at radius 1 is 1.19 bits per heavy atom. The van der Waals surface area contributed by atoms with Crippen molar-refractivity contribution < 1.29 is 0 Å². The highest BCUT2D eigenvalue weighted by Crippen LogP contribution is 2.49. The van der Waals surface area contributed by atoms with Crippen LogP contribution >= 0.6 is 0 Å². The summed E-state index contributed by atoms with van der Waals surface area (Å²) in [5.41, 5.74) is 7.40. The summed E-state index contributed by atoms with van der Waals surface area (Å²) in [5.74, 6) is 2.01. The number of anilines is 2. The lowest BCUT2D eigenvalue weighted by Crippen LogP contribution is -2.16. The van der Waals surface area contributed by atoms with E-state index in [2.05, 4.69) is 22.2 Å². The zero-order valence-corrected chi connectivity index (χ0v) is 12.5. The van der Waals surface area contributed by atoms with Crippen LogP contribution in [0.5, 0.6) is 0 Å². The normalized spacial score (nSPS) is 15.7. The number of aromatic nitrogens is 2. The van der Waals surface area contributed by atoms with Crippen LogP contribution in [-0.2, 0) is 0 Å². The van der Waals surface area contributed by atoms with Crippen molar-refractivity contribution in [3.63, 3.8) is 0 Å². The molecule has 0 unspecified atom stereocenters. The van der Waals surface area contributed by atoms with Gasteiger partial charge in [0, 0.05) is 18.2 Å². The summed E-state index contributed by atoms with van der Waals surface area (Å²) in [6.07, 6.45) is 5.16. The van der Waals surface area contributed by atoms with Crippen molar-refractivity contribution in [3.05, 3.63) is 36.4 Å². The van der Waals surface area contributed by atoms with Gasteiger partial charge in [0.1, 0.15) is 11.6 Å². The molecule has 1 aromatic carbocycles. The van der Waals surface area contributed by atoms with Gasteiger partial charge in [0.2, 0.25) is 0 Å². The minimum atomic E-state index is 0.487. The summed E-state index contributed by atoms with van der Waals surface area (Å²) in [6.45, 7) is 3.22. The summed E-state index contributed by atoms with van der Waals surface area (Å²) < 4.78 is 0. The van der Waals surface area contributed by atoms with Gasteiger partial charge in [0.15, 0.2) is 5.82 Å². The van der Waals surface area contributed by atoms with Gasteiger partial charge in [-0.3, -0.25) is 0 Å². The van der Waals surface area contributed by atoms with E-state index in [0.29, 0.717) is 17.1 Å². The summed E-state index contributed by atoms with van der Waals surface area (Å²) >= 11 is 0. The molecule has 0 spiro atoms. The van der Waals surface area contributed by atoms with Gasteiger partial charge in [-0.05, 0) is 24.7 Å². The standard InChI is InChI=1S/C17H22N4/c1-2-8-17(9-10-17)12-19-15-11-14(18)20-16(21-15)13-6-4-3-5-7-13/h3-7,11H,2,8-10,12H2,1H3,(H3,18,19,20,21). The molecule has 0 amide bonds. The molecule has 1 aliphatic carbocycles. The van der Waals surface area contributed by atoms with Crippen LogP contribution in [0.1, 0.15) is 32.6 Å². The number of nitrogen functional groups attached to an aromatic ring is 1. The van der Waals surface area contributed by atoms with E-state index < -0.39 is 0 Å². The number of nitrogens with zero attached hydrogens (tertiary/aromatic N) is 2. The molecule has 1 aromatic heterocycles. The number of benzene rings is 1. The van der Waals surface area contributed by atoms with Crippen molar-refractivity contribution >= 4 is 11.6 Å². The predicted molar refractivity (Wildman–Crippen MR) is 86.9 cm³/mol. The van der Waals surface area contributed by atoms with Crippen LogP contribution in [0.25, 0.3) is 11.4 Å². The van der Waals surface area contributed by atoms with Crippen molar-refractivity contribution in [1.82, 2.24) is 9.97 Å². The molecule has 0 radical (unpaired) electrons. The van der Waals surface area contributed by atoms with Gasteiger partial charge in [0.05, 0.1) is 0 Å². The van der Waals surface area contributed by atoms with Crippen molar-refractivity contribution in [2.24, 2.45) is 5.41 Å². The molecule has 1 saturated carbocycles. The van der Waals surface area contributed by atoms with E-state index in [1.165, 1.54) is 25.7 Å². The maximum Gasteiger partial charge on any atom is 0.163 e. The highest BCUT2D eigenvalue weighted by atomic mass is 15.1. The molecule has 1 fully saturated rings. The molecule has 0 aliphatic heterocycles. The second-order valence-corrected chi connectivity index (χ2v) is 5.97. The Labute approximate surface area is 125 Å². The molecular formula is C17H22N4. The van der Waals surface area contributed by atoms with Crippen LogP contribution in [-0.4, -0.2) is 16.5 Å². The molecule has 1 aliphatic rings. The third-order valence-corrected chi connectivity index (χ3v) is 4.16. The van der Waals surface area contributed by atoms with Crippen LogP contribution in [0.2, 0.25) is 0 Å². The molecule has 4 nitrogen and oxygen atoms in total. The number of rotatable bonds is 6. The Balaban J connectivity index is 1.76. The van der Waals surface area contributed by atoms with Crippen LogP contribution in [0, 0.1) is 5.41 Å². The SMILES string of the molecule is CCCC1(CNc2cc(N)nc(-c3ccccc3)n2)CC1. The molecule has 2 aromatic rings. The van der Waals surface area contributed by atoms with Crippen LogP contribution in [0.4, 0.5) is 11.6 Å². The number of nitrogens with two attached hydrogens (primary N) is 1. The van der Waals surface area contributed by atoms with E-state index in [1.54, 1.807) is 0 Å². The zero-order valence-electron chi connectivity index (χ0n) is 12.5. The molecule has 3 N–H and O–H groups in total. The van der Waals surface area contributed by atoms with Crippen molar-refractivity contribution in [3.8, 4) is 11.4 Å². The Bertz CT molecular complexity index is 605. The Morgan fingerprint density at radius 2 is 1.95 bits per heavy atom. The number of nitrogens with one attached hydrogen (secondary N) is 1. The first-order valence-corrected chi connectivity index (χ1v) is 7.65. The first-order valence-electron chi connectivity index (χ1n) is 7.65. The van der Waals surface area contributed by atoms with E-state index in [9.17, 15) is 0 Å². The predicted octanol–water partition coefficient (Wildman–Crippen LogP) is 3.72. The highest BCUT2D eigenvalue weighted by Gasteiger charge is 2.41. The van der Waals surface area contributed by atoms with Crippen LogP contribution < -0.4 is 11.1 Å². The average molecular weight is 282 g/mol. The fourth-order valence-corrected chi connectivity index (χ4v) is 2.77. The third kappa shape index (κ3) is 3.32. The fourth-order valence-electron chi connectivity index (χ4n) is 2.77. The summed E-state index contributed by atoms with van der Waals surface area (Å²) in [5, 5.41) is 3.45. The second-order valence-electron chi connectivity index (χ2n) is 5.97. The van der Waals surface area contributed by atoms with Crippen LogP contribution in [0.3, 0.4) is 0 Å². The van der Waals surface area contributed by atoms with Crippen molar-refractivity contribution in [2.45, 2.75) is 32.6 Å². The number of hydrogen-bond donors (Lipinski definition) is 2. The van der Waals surface area contributed by atoms with Crippen molar-refractivity contribution in [2.75, 3.05) is 17.6 Å². The minimum Gasteiger partial charge on any atom is -0.384 e. The zero-order chi connectivity index (χ0) is 14.7. The molecule has 3 rings (SSSR count). The number of hydrogen-bond acceptors (Lipinski definition) is 4. The molecule has 1 heterocycles. The second kappa shape index (κ2) is 5.72. The van der Waals surface area contributed by atoms with Gasteiger partial charge < -0.3 is 11.1 Å². The first-order chi connectivity index (χ1) is 10.2. The maximum absolute atomic E-state index is 5.92. The van der Waals surface area contributed by atoms with E-state index in [1.807, 2.05) is 36.4 Å². The van der Waals surface area contributed by atoms with Crippen LogP contribution in [0.15, 0.2) is 36.4 Å². The first kappa shape index (κ1) is 13.9. The molecule has 0 bridgehead atoms. The van der Waals surface area contributed by atoms with Gasteiger partial charge in [0.25, 0.3) is 0 Å². The van der Waals surface area contributed by atoms with E-state index in [-0.39, 0.29) is 0 Å². The monoisotopic (exact) mass is 282 g/mol. The minimum absolute atomic E-state index is 0.487. The van der Waals surface area contributed by atoms with Gasteiger partial charge in [-0.15, -0.1) is 0 Å². The summed E-state index contributed by atoms with van der Waals surface area (Å²) in [6, 6.07) is 11.8. The molecular weight excluding hydrogens is 260 g/mol. The summed E-state index contributed by atoms with van der Waals surface area (Å²) in [4.78, 5) is 8.92. The molecule has 21 heavy (non-hydrogen) atoms. The topological polar surface area (TPSA) is 63.8 Å². The average Bonchev–Trinajstić information content (AvgIpc) is 3.26. The van der Waals surface area contributed by atoms with E-state index in [0.717, 1.165) is 17.9 Å². The Morgan fingerprint density at radius 3 is 2.62 bits per heavy atom. The lowest BCUT2D eigenvalue weighted by Gasteiger charge is -2.16. The lowest BCUT2D eigenvalue weighted by atomic mass is 10.0. The largest absolute Gasteiger partial charge is 0.384 e. The van der Waals surface area contributed by atoms with E-state index in [4.69, 9.17) is 5.73 Å². The highest BCUT2D eigenvalue weighted by molar-refractivity contribution is 5.60. The van der Waals surface area contributed by atoms with Crippen molar-refractivity contribution in [1.29, 1.82) is 0 Å². The quantitative estimate of drug-likeness (QED) is 0.847. The molecule has 0 saturated heterocycles. The van der Waals surface area contributed by atoms with Gasteiger partial charge in [-0.2, -0.15) is 0 Å². The lowest BCUT2D eigenvalue weighted by molar-refractivity contribution is 0.485. The third-order valence-electron chi connectivity index (χ3n) is 4.16. The molecule has 4 heteroatoms. The van der Waals surface area contributed by atoms with Gasteiger partial charge in [-0.25, -0.2) is 9.97 Å². The smallest absolute Gasteiger partial charge is 0.163 e. The van der Waals surface area contributed by atoms with Gasteiger partial charge >= 0.3 is 0 Å². The maximum atomic E-state index is 5.92. The Hall–Kier alpha value is -2.10. The van der Waals surface area contributed by atoms with E-state index >= 15 is 0 Å². The van der Waals surface area contributed by atoms with Gasteiger partial charge in [-0.1, -0.05) is 43.7 Å². The Kier molecular flexibility index (Phi) is 3.78. The summed E-state index contributed by atoms with van der Waals surface area (Å²) in [7, 11) is 0. The molecule has 110 valence electrons.